The van der Waals surface area contributed by atoms with Crippen molar-refractivity contribution in [1.82, 2.24) is 0 Å². The lowest BCUT2D eigenvalue weighted by Crippen LogP contribution is -2.13. The van der Waals surface area contributed by atoms with Crippen LogP contribution in [0.3, 0.4) is 0 Å². The highest BCUT2D eigenvalue weighted by Crippen LogP contribution is 2.25. The predicted octanol–water partition coefficient (Wildman–Crippen LogP) is 8.24. The second kappa shape index (κ2) is 12.2. The molecule has 192 valence electrons. The first kappa shape index (κ1) is 27.4. The van der Waals surface area contributed by atoms with Crippen LogP contribution in [0.2, 0.25) is 0 Å². The summed E-state index contributed by atoms with van der Waals surface area (Å²) in [7, 11) is 0. The molecule has 0 saturated carbocycles. The Morgan fingerprint density at radius 3 is 1.97 bits per heavy atom. The average molecular weight is 505 g/mol. The Bertz CT molecular complexity index is 1210. The molecule has 7 heteroatoms. The molecular weight excluding hydrogens is 475 g/mol. The lowest BCUT2D eigenvalue weighted by Gasteiger charge is -2.14. The van der Waals surface area contributed by atoms with Gasteiger partial charge in [0.05, 0.1) is 11.1 Å². The van der Waals surface area contributed by atoms with Crippen molar-refractivity contribution in [3.05, 3.63) is 104 Å². The van der Waals surface area contributed by atoms with Crippen LogP contribution >= 0.6 is 0 Å². The van der Waals surface area contributed by atoms with Gasteiger partial charge in [0, 0.05) is 0 Å². The van der Waals surface area contributed by atoms with E-state index in [0.29, 0.717) is 18.4 Å². The number of allylic oxidation sites excluding steroid dienone is 6. The van der Waals surface area contributed by atoms with Crippen LogP contribution in [0.25, 0.3) is 0 Å². The zero-order valence-electron chi connectivity index (χ0n) is 20.6. The topological polar surface area (TPSA) is 26.3 Å². The van der Waals surface area contributed by atoms with E-state index in [1.807, 2.05) is 26.0 Å². The van der Waals surface area contributed by atoms with Crippen molar-refractivity contribution < 1.29 is 31.5 Å². The Morgan fingerprint density at radius 1 is 0.778 bits per heavy atom. The van der Waals surface area contributed by atoms with E-state index in [9.17, 15) is 26.7 Å². The number of esters is 1. The number of hydrogen-bond donors (Lipinski definition) is 0. The first-order chi connectivity index (χ1) is 17.1. The van der Waals surface area contributed by atoms with Crippen LogP contribution in [-0.2, 0) is 24.2 Å². The van der Waals surface area contributed by atoms with Crippen LogP contribution in [-0.4, -0.2) is 5.97 Å². The number of benzene rings is 2. The molecule has 2 bridgehead atoms. The second-order valence-corrected chi connectivity index (χ2v) is 9.23. The van der Waals surface area contributed by atoms with E-state index < -0.39 is 47.2 Å². The maximum atomic E-state index is 14.0. The minimum Gasteiger partial charge on any atom is -0.457 e. The molecule has 2 aliphatic rings. The summed E-state index contributed by atoms with van der Waals surface area (Å²) in [5.41, 5.74) is 4.05. The van der Waals surface area contributed by atoms with Gasteiger partial charge in [-0.15, -0.1) is 0 Å². The summed E-state index contributed by atoms with van der Waals surface area (Å²) in [5.74, 6) is -11.3. The summed E-state index contributed by atoms with van der Waals surface area (Å²) in [6.45, 7) is 5.02. The Morgan fingerprint density at radius 2 is 1.33 bits per heavy atom. The van der Waals surface area contributed by atoms with Crippen molar-refractivity contribution >= 4 is 5.97 Å². The summed E-state index contributed by atoms with van der Waals surface area (Å²) >= 11 is 0. The van der Waals surface area contributed by atoms with Crippen LogP contribution < -0.4 is 0 Å². The van der Waals surface area contributed by atoms with E-state index in [1.54, 1.807) is 6.07 Å². The highest BCUT2D eigenvalue weighted by Gasteiger charge is 2.27. The average Bonchev–Trinajstić information content (AvgIpc) is 2.85. The lowest BCUT2D eigenvalue weighted by molar-refractivity contribution is 0.0461. The summed E-state index contributed by atoms with van der Waals surface area (Å²) in [4.78, 5) is 13.0. The number of rotatable bonds is 3. The van der Waals surface area contributed by atoms with E-state index in [1.165, 1.54) is 11.1 Å². The minimum absolute atomic E-state index is 0.193. The molecule has 0 spiro atoms. The molecule has 0 atom stereocenters. The third kappa shape index (κ3) is 6.71. The first-order valence-electron chi connectivity index (χ1n) is 11.8. The molecule has 36 heavy (non-hydrogen) atoms. The summed E-state index contributed by atoms with van der Waals surface area (Å²) in [6, 6.07) is 5.37. The van der Waals surface area contributed by atoms with Crippen molar-refractivity contribution in [3.8, 4) is 0 Å². The fourth-order valence-electron chi connectivity index (χ4n) is 4.05. The zero-order valence-corrected chi connectivity index (χ0v) is 20.6. The van der Waals surface area contributed by atoms with Crippen molar-refractivity contribution in [1.29, 1.82) is 0 Å². The van der Waals surface area contributed by atoms with Gasteiger partial charge in [-0.25, -0.2) is 26.7 Å². The number of fused-ring (bicyclic) bond motifs is 10. The standard InChI is InChI=1S/C29H29F5O2/c1-17-6-4-8-18(2)10-11-20-12-13-21(14-19(3)9-5-7-17)22(15-20)29(35)36-16-23-24(30)26(32)28(34)27(33)25(23)31/h6,9-10,12-13,15H,4-5,7-8,11,14,16H2,1-3H3/b17-6-,18-10-,19-9-. The monoisotopic (exact) mass is 504 g/mol. The fourth-order valence-corrected chi connectivity index (χ4v) is 4.05. The van der Waals surface area contributed by atoms with E-state index in [2.05, 4.69) is 25.2 Å². The normalized spacial score (nSPS) is 19.6. The van der Waals surface area contributed by atoms with Crippen LogP contribution in [0.1, 0.15) is 73.5 Å². The predicted molar refractivity (Wildman–Crippen MR) is 129 cm³/mol. The van der Waals surface area contributed by atoms with Crippen LogP contribution in [0, 0.1) is 29.1 Å². The molecule has 0 aliphatic heterocycles. The van der Waals surface area contributed by atoms with Gasteiger partial charge in [-0.2, -0.15) is 0 Å². The zero-order chi connectivity index (χ0) is 26.4. The molecule has 0 amide bonds. The summed E-state index contributed by atoms with van der Waals surface area (Å²) < 4.78 is 73.5. The molecule has 0 N–H and O–H groups in total. The van der Waals surface area contributed by atoms with Gasteiger partial charge in [0.1, 0.15) is 6.61 Å². The number of halogens is 5. The molecule has 0 aromatic heterocycles. The van der Waals surface area contributed by atoms with Crippen LogP contribution in [0.4, 0.5) is 22.0 Å². The second-order valence-electron chi connectivity index (χ2n) is 9.23. The van der Waals surface area contributed by atoms with Gasteiger partial charge < -0.3 is 4.74 Å². The van der Waals surface area contributed by atoms with Crippen LogP contribution in [0.5, 0.6) is 0 Å². The molecule has 0 fully saturated rings. The highest BCUT2D eigenvalue weighted by atomic mass is 19.2. The third-order valence-corrected chi connectivity index (χ3v) is 6.26. The Balaban J connectivity index is 1.92. The number of ether oxygens (including phenoxy) is 1. The smallest absolute Gasteiger partial charge is 0.338 e. The number of hydrogen-bond acceptors (Lipinski definition) is 2. The first-order valence-corrected chi connectivity index (χ1v) is 11.8. The van der Waals surface area contributed by atoms with Crippen molar-refractivity contribution in [2.45, 2.75) is 65.9 Å². The van der Waals surface area contributed by atoms with E-state index >= 15 is 0 Å². The molecular formula is C29H29F5O2. The largest absolute Gasteiger partial charge is 0.457 e. The van der Waals surface area contributed by atoms with E-state index in [-0.39, 0.29) is 5.56 Å². The number of carbonyl (C=O) groups excluding carboxylic acids is 1. The Kier molecular flexibility index (Phi) is 9.24. The summed E-state index contributed by atoms with van der Waals surface area (Å²) in [6.07, 6.45) is 11.1. The molecule has 2 aliphatic carbocycles. The van der Waals surface area contributed by atoms with Crippen molar-refractivity contribution in [3.63, 3.8) is 0 Å². The van der Waals surface area contributed by atoms with Gasteiger partial charge in [-0.3, -0.25) is 0 Å². The van der Waals surface area contributed by atoms with Gasteiger partial charge in [0.15, 0.2) is 23.3 Å². The molecule has 2 nitrogen and oxygen atoms in total. The molecule has 4 rings (SSSR count). The molecule has 2 aromatic carbocycles. The molecule has 0 heterocycles. The molecule has 0 unspecified atom stereocenters. The Labute approximate surface area is 208 Å². The van der Waals surface area contributed by atoms with Gasteiger partial charge in [-0.1, -0.05) is 47.1 Å². The molecule has 0 radical (unpaired) electrons. The lowest BCUT2D eigenvalue weighted by atomic mass is 9.95. The van der Waals surface area contributed by atoms with E-state index in [4.69, 9.17) is 4.74 Å². The van der Waals surface area contributed by atoms with Gasteiger partial charge in [0.25, 0.3) is 0 Å². The maximum absolute atomic E-state index is 14.0. The van der Waals surface area contributed by atoms with Gasteiger partial charge >= 0.3 is 5.97 Å². The fraction of sp³-hybridized carbons (Fsp3) is 0.345. The Hall–Kier alpha value is -3.22. The third-order valence-electron chi connectivity index (χ3n) is 6.26. The minimum atomic E-state index is -2.26. The van der Waals surface area contributed by atoms with Gasteiger partial charge in [-0.05, 0) is 76.5 Å². The maximum Gasteiger partial charge on any atom is 0.338 e. The molecule has 2 aromatic rings. The van der Waals surface area contributed by atoms with Crippen molar-refractivity contribution in [2.75, 3.05) is 0 Å². The summed E-state index contributed by atoms with van der Waals surface area (Å²) in [5, 5.41) is 0. The highest BCUT2D eigenvalue weighted by molar-refractivity contribution is 5.91. The molecule has 0 saturated heterocycles. The van der Waals surface area contributed by atoms with Crippen LogP contribution in [0.15, 0.2) is 53.1 Å². The quantitative estimate of drug-likeness (QED) is 0.138. The van der Waals surface area contributed by atoms with E-state index in [0.717, 1.165) is 36.8 Å². The van der Waals surface area contributed by atoms with Crippen molar-refractivity contribution in [2.24, 2.45) is 0 Å². The number of carbonyl (C=O) groups is 1. The van der Waals surface area contributed by atoms with Gasteiger partial charge in [0.2, 0.25) is 5.82 Å². The SMILES string of the molecule is C/C1=C/CC/C(C)=C\Cc2ccc(c(C(=O)OCc3c(F)c(F)c(F)c(F)c3F)c2)C/C(C)=C\CC1.